The first-order valence-electron chi connectivity index (χ1n) is 7.84. The highest BCUT2D eigenvalue weighted by Crippen LogP contribution is 2.21. The lowest BCUT2D eigenvalue weighted by Gasteiger charge is -2.38. The monoisotopic (exact) mass is 319 g/mol. The molecule has 0 radical (unpaired) electrons. The number of hydrogen-bond donors (Lipinski definition) is 0. The molecule has 21 heavy (non-hydrogen) atoms. The summed E-state index contributed by atoms with van der Waals surface area (Å²) in [5.41, 5.74) is 0. The standard InChI is InChI=1S/C14H29N3O3S/c1-12-9-17(10-13(2)20-12)21(18,19)16(4)11-14-5-7-15(3)8-6-14/h12-14H,5-11H2,1-4H3. The van der Waals surface area contributed by atoms with Crippen molar-refractivity contribution in [2.75, 3.05) is 46.8 Å². The van der Waals surface area contributed by atoms with E-state index in [1.165, 1.54) is 4.31 Å². The van der Waals surface area contributed by atoms with E-state index >= 15 is 0 Å². The Balaban J connectivity index is 1.95. The van der Waals surface area contributed by atoms with Crippen LogP contribution >= 0.6 is 0 Å². The summed E-state index contributed by atoms with van der Waals surface area (Å²) in [7, 11) is 0.457. The predicted molar refractivity (Wildman–Crippen MR) is 83.4 cm³/mol. The summed E-state index contributed by atoms with van der Waals surface area (Å²) >= 11 is 0. The Hall–Kier alpha value is -0.210. The minimum Gasteiger partial charge on any atom is -0.373 e. The van der Waals surface area contributed by atoms with Gasteiger partial charge in [-0.3, -0.25) is 0 Å². The van der Waals surface area contributed by atoms with Gasteiger partial charge in [-0.1, -0.05) is 0 Å². The topological polar surface area (TPSA) is 53.1 Å². The average molecular weight is 319 g/mol. The van der Waals surface area contributed by atoms with Crippen molar-refractivity contribution < 1.29 is 13.2 Å². The van der Waals surface area contributed by atoms with Gasteiger partial charge in [-0.2, -0.15) is 17.0 Å². The van der Waals surface area contributed by atoms with E-state index in [2.05, 4.69) is 11.9 Å². The van der Waals surface area contributed by atoms with Gasteiger partial charge < -0.3 is 9.64 Å². The minimum absolute atomic E-state index is 0.0414. The maximum atomic E-state index is 12.7. The fourth-order valence-electron chi connectivity index (χ4n) is 3.22. The van der Waals surface area contributed by atoms with Crippen LogP contribution in [0.1, 0.15) is 26.7 Å². The largest absolute Gasteiger partial charge is 0.373 e. The number of ether oxygens (including phenoxy) is 1. The van der Waals surface area contributed by atoms with E-state index in [-0.39, 0.29) is 12.2 Å². The zero-order valence-electron chi connectivity index (χ0n) is 13.7. The van der Waals surface area contributed by atoms with Crippen LogP contribution in [-0.4, -0.2) is 81.0 Å². The molecule has 0 aliphatic carbocycles. The van der Waals surface area contributed by atoms with Crippen LogP contribution in [0.2, 0.25) is 0 Å². The second-order valence-corrected chi connectivity index (χ2v) is 8.64. The van der Waals surface area contributed by atoms with Crippen LogP contribution in [0.15, 0.2) is 0 Å². The molecule has 7 heteroatoms. The van der Waals surface area contributed by atoms with Crippen LogP contribution in [0.25, 0.3) is 0 Å². The first kappa shape index (κ1) is 17.1. The van der Waals surface area contributed by atoms with E-state index in [1.807, 2.05) is 13.8 Å². The number of piperidine rings is 1. The molecule has 0 saturated carbocycles. The summed E-state index contributed by atoms with van der Waals surface area (Å²) in [4.78, 5) is 2.30. The Morgan fingerprint density at radius 1 is 1.14 bits per heavy atom. The molecule has 0 aromatic carbocycles. The average Bonchev–Trinajstić information content (AvgIpc) is 2.40. The van der Waals surface area contributed by atoms with Gasteiger partial charge in [0.2, 0.25) is 0 Å². The SMILES string of the molecule is CC1CN(S(=O)(=O)N(C)CC2CCN(C)CC2)CC(C)O1. The third kappa shape index (κ3) is 4.39. The predicted octanol–water partition coefficient (Wildman–Crippen LogP) is 0.614. The van der Waals surface area contributed by atoms with Crippen LogP contribution in [0.3, 0.4) is 0 Å². The van der Waals surface area contributed by atoms with Gasteiger partial charge in [-0.15, -0.1) is 0 Å². The van der Waals surface area contributed by atoms with Crippen molar-refractivity contribution in [2.24, 2.45) is 5.92 Å². The summed E-state index contributed by atoms with van der Waals surface area (Å²) in [5, 5.41) is 0. The van der Waals surface area contributed by atoms with E-state index in [0.29, 0.717) is 25.6 Å². The minimum atomic E-state index is -3.37. The fourth-order valence-corrected chi connectivity index (χ4v) is 4.81. The Labute approximate surface area is 129 Å². The molecule has 124 valence electrons. The molecule has 0 N–H and O–H groups in total. The Bertz CT molecular complexity index is 425. The van der Waals surface area contributed by atoms with Gasteiger partial charge >= 0.3 is 0 Å². The van der Waals surface area contributed by atoms with Crippen molar-refractivity contribution in [1.82, 2.24) is 13.5 Å². The van der Waals surface area contributed by atoms with Crippen LogP contribution < -0.4 is 0 Å². The highest BCUT2D eigenvalue weighted by molar-refractivity contribution is 7.86. The summed E-state index contributed by atoms with van der Waals surface area (Å²) in [6.07, 6.45) is 2.07. The normalized spacial score (nSPS) is 30.9. The molecule has 0 aromatic heterocycles. The second kappa shape index (κ2) is 6.91. The molecule has 0 spiro atoms. The van der Waals surface area contributed by atoms with Gasteiger partial charge in [0.05, 0.1) is 12.2 Å². The molecular formula is C14H29N3O3S. The lowest BCUT2D eigenvalue weighted by atomic mass is 9.97. The van der Waals surface area contributed by atoms with Crippen molar-refractivity contribution in [1.29, 1.82) is 0 Å². The van der Waals surface area contributed by atoms with Crippen molar-refractivity contribution in [3.63, 3.8) is 0 Å². The number of nitrogens with zero attached hydrogens (tertiary/aromatic N) is 3. The van der Waals surface area contributed by atoms with Crippen molar-refractivity contribution >= 4 is 10.2 Å². The maximum absolute atomic E-state index is 12.7. The number of rotatable bonds is 4. The quantitative estimate of drug-likeness (QED) is 0.762. The van der Waals surface area contributed by atoms with E-state index in [0.717, 1.165) is 25.9 Å². The van der Waals surface area contributed by atoms with Crippen LogP contribution in [-0.2, 0) is 14.9 Å². The molecule has 2 rings (SSSR count). The molecule has 2 aliphatic rings. The third-order valence-electron chi connectivity index (χ3n) is 4.46. The highest BCUT2D eigenvalue weighted by atomic mass is 32.2. The second-order valence-electron chi connectivity index (χ2n) is 6.61. The summed E-state index contributed by atoms with van der Waals surface area (Å²) in [6, 6.07) is 0. The summed E-state index contributed by atoms with van der Waals surface area (Å²) in [5.74, 6) is 0.469. The van der Waals surface area contributed by atoms with E-state index in [9.17, 15) is 8.42 Å². The molecule has 2 atom stereocenters. The number of morpholine rings is 1. The Morgan fingerprint density at radius 3 is 2.19 bits per heavy atom. The smallest absolute Gasteiger partial charge is 0.281 e. The third-order valence-corrected chi connectivity index (χ3v) is 6.35. The Kier molecular flexibility index (Phi) is 5.65. The van der Waals surface area contributed by atoms with Gasteiger partial charge in [-0.25, -0.2) is 0 Å². The van der Waals surface area contributed by atoms with E-state index < -0.39 is 10.2 Å². The van der Waals surface area contributed by atoms with Crippen LogP contribution in [0, 0.1) is 5.92 Å². The molecule has 2 unspecified atom stereocenters. The fraction of sp³-hybridized carbons (Fsp3) is 1.00. The first-order valence-corrected chi connectivity index (χ1v) is 9.24. The number of hydrogen-bond acceptors (Lipinski definition) is 4. The van der Waals surface area contributed by atoms with E-state index in [1.54, 1.807) is 11.4 Å². The zero-order chi connectivity index (χ0) is 15.6. The zero-order valence-corrected chi connectivity index (χ0v) is 14.5. The molecule has 0 amide bonds. The van der Waals surface area contributed by atoms with Crippen molar-refractivity contribution in [3.8, 4) is 0 Å². The van der Waals surface area contributed by atoms with Gasteiger partial charge in [0.1, 0.15) is 0 Å². The summed E-state index contributed by atoms with van der Waals surface area (Å²) in [6.45, 7) is 7.49. The highest BCUT2D eigenvalue weighted by Gasteiger charge is 2.34. The molecule has 0 bridgehead atoms. The lowest BCUT2D eigenvalue weighted by molar-refractivity contribution is -0.0454. The Morgan fingerprint density at radius 2 is 1.67 bits per heavy atom. The molecular weight excluding hydrogens is 290 g/mol. The molecule has 2 fully saturated rings. The summed E-state index contributed by atoms with van der Waals surface area (Å²) < 4.78 is 34.1. The molecule has 0 aromatic rings. The molecule has 2 heterocycles. The van der Waals surface area contributed by atoms with Crippen LogP contribution in [0.5, 0.6) is 0 Å². The maximum Gasteiger partial charge on any atom is 0.281 e. The van der Waals surface area contributed by atoms with Gasteiger partial charge in [-0.05, 0) is 52.7 Å². The van der Waals surface area contributed by atoms with Gasteiger partial charge in [0.15, 0.2) is 0 Å². The van der Waals surface area contributed by atoms with E-state index in [4.69, 9.17) is 4.74 Å². The molecule has 2 saturated heterocycles. The molecule has 2 aliphatic heterocycles. The van der Waals surface area contributed by atoms with Gasteiger partial charge in [0, 0.05) is 26.7 Å². The molecule has 6 nitrogen and oxygen atoms in total. The van der Waals surface area contributed by atoms with Crippen molar-refractivity contribution in [3.05, 3.63) is 0 Å². The lowest BCUT2D eigenvalue weighted by Crippen LogP contribution is -2.53. The van der Waals surface area contributed by atoms with Crippen LogP contribution in [0.4, 0.5) is 0 Å². The van der Waals surface area contributed by atoms with Gasteiger partial charge in [0.25, 0.3) is 10.2 Å². The first-order chi connectivity index (χ1) is 9.79. The number of likely N-dealkylation sites (tertiary alicyclic amines) is 1. The van der Waals surface area contributed by atoms with Crippen molar-refractivity contribution in [2.45, 2.75) is 38.9 Å².